The van der Waals surface area contributed by atoms with Crippen LogP contribution in [0, 0.1) is 0 Å². The third-order valence-electron chi connectivity index (χ3n) is 14.2. The fraction of sp³-hybridized carbons (Fsp3) is 0.0312. The topological polar surface area (TPSA) is 3.24 Å². The molecule has 0 saturated carbocycles. The predicted octanol–water partition coefficient (Wildman–Crippen LogP) is 13.4. The van der Waals surface area contributed by atoms with Gasteiger partial charge in [0, 0.05) is 16.8 Å². The molecule has 2 heteroatoms. The van der Waals surface area contributed by atoms with Crippen LogP contribution in [0.5, 0.6) is 0 Å². The number of rotatable bonds is 7. The molecule has 1 aliphatic carbocycles. The van der Waals surface area contributed by atoms with Crippen LogP contribution >= 0.6 is 0 Å². The van der Waals surface area contributed by atoms with E-state index in [9.17, 15) is 0 Å². The Morgan fingerprint density at radius 2 is 0.985 bits per heavy atom. The Kier molecular flexibility index (Phi) is 9.70. The van der Waals surface area contributed by atoms with Gasteiger partial charge in [0.15, 0.2) is 8.07 Å². The van der Waals surface area contributed by atoms with Crippen molar-refractivity contribution >= 4 is 67.4 Å². The number of anilines is 3. The highest BCUT2D eigenvalue weighted by Crippen LogP contribution is 2.50. The van der Waals surface area contributed by atoms with Gasteiger partial charge in [-0.15, -0.1) is 0 Å². The van der Waals surface area contributed by atoms with Crippen LogP contribution in [0.4, 0.5) is 17.1 Å². The average Bonchev–Trinajstić information content (AvgIpc) is 3.71. The van der Waals surface area contributed by atoms with Crippen molar-refractivity contribution in [3.05, 3.63) is 295 Å². The number of allylic oxidation sites excluding steroid dienone is 5. The van der Waals surface area contributed by atoms with Crippen LogP contribution in [0.25, 0.3) is 32.7 Å². The first-order valence-corrected chi connectivity index (χ1v) is 25.0. The van der Waals surface area contributed by atoms with Gasteiger partial charge in [-0.2, -0.15) is 0 Å². The van der Waals surface area contributed by atoms with E-state index in [1.807, 2.05) is 0 Å². The van der Waals surface area contributed by atoms with Gasteiger partial charge >= 0.3 is 0 Å². The molecule has 0 radical (unpaired) electrons. The number of hydrogen-bond acceptors (Lipinski definition) is 1. The molecule has 0 bridgehead atoms. The monoisotopic (exact) mass is 857 g/mol. The lowest BCUT2D eigenvalue weighted by atomic mass is 9.63. The second-order valence-electron chi connectivity index (χ2n) is 17.6. The Labute approximate surface area is 388 Å². The standard InChI is InChI=1S/C64H47NSi/c1-46-23-7-2-8-24-47-39-40-51(44-60(47)64(46,49-26-9-3-10-27-49)50-28-11-4-12-29-50)65(61-43-48-25-17-18-34-55(48)56-35-19-20-36-57(56)61)52-41-42-59-58-37-21-22-38-62(58)66(63(59)45-52,53-30-13-5-14-31-53)54-32-15-6-16-33-54/h2-23,25-45H,1,24H2/b8-2-,23-7-. The van der Waals surface area contributed by atoms with Gasteiger partial charge in [-0.1, -0.05) is 237 Å². The maximum atomic E-state index is 4.93. The van der Waals surface area contributed by atoms with Gasteiger partial charge in [-0.25, -0.2) is 0 Å². The molecule has 66 heavy (non-hydrogen) atoms. The molecule has 0 atom stereocenters. The van der Waals surface area contributed by atoms with Gasteiger partial charge in [0.2, 0.25) is 0 Å². The molecule has 0 spiro atoms. The molecule has 1 aliphatic heterocycles. The minimum atomic E-state index is -2.82. The summed E-state index contributed by atoms with van der Waals surface area (Å²) >= 11 is 0. The molecular formula is C64H47NSi. The zero-order valence-corrected chi connectivity index (χ0v) is 37.7. The lowest BCUT2D eigenvalue weighted by molar-refractivity contribution is 0.737. The fourth-order valence-corrected chi connectivity index (χ4v) is 16.6. The van der Waals surface area contributed by atoms with Crippen molar-refractivity contribution in [3.63, 3.8) is 0 Å². The molecule has 1 nitrogen and oxygen atoms in total. The predicted molar refractivity (Wildman–Crippen MR) is 283 cm³/mol. The Hall–Kier alpha value is -8.04. The summed E-state index contributed by atoms with van der Waals surface area (Å²) in [5, 5.41) is 10.5. The average molecular weight is 858 g/mol. The Bertz CT molecular complexity index is 3440. The summed E-state index contributed by atoms with van der Waals surface area (Å²) in [6, 6.07) is 88.5. The summed E-state index contributed by atoms with van der Waals surface area (Å²) in [6.45, 7) is 4.93. The smallest absolute Gasteiger partial charge is 0.180 e. The molecule has 10 aromatic carbocycles. The molecule has 2 aliphatic rings. The maximum absolute atomic E-state index is 4.93. The summed E-state index contributed by atoms with van der Waals surface area (Å²) in [5.74, 6) is 0. The highest BCUT2D eigenvalue weighted by molar-refractivity contribution is 7.22. The van der Waals surface area contributed by atoms with E-state index in [-0.39, 0.29) is 0 Å². The normalized spacial score (nSPS) is 15.4. The van der Waals surface area contributed by atoms with Gasteiger partial charge in [0.05, 0.1) is 11.1 Å². The molecule has 0 saturated heterocycles. The second kappa shape index (κ2) is 16.2. The Morgan fingerprint density at radius 3 is 1.68 bits per heavy atom. The van der Waals surface area contributed by atoms with Crippen molar-refractivity contribution in [2.75, 3.05) is 4.90 Å². The van der Waals surface area contributed by atoms with Crippen LogP contribution in [0.3, 0.4) is 0 Å². The highest BCUT2D eigenvalue weighted by atomic mass is 28.3. The SMILES string of the molecule is C=C1/C=C\C=C/Cc2ccc(N(c3ccc4c(c3)[Si](c3ccccc3)(c3ccccc3)c3ccccc3-4)c3cc4ccccc4c4ccccc34)cc2C1(c1ccccc1)c1ccccc1. The second-order valence-corrected chi connectivity index (χ2v) is 21.3. The summed E-state index contributed by atoms with van der Waals surface area (Å²) in [5.41, 5.74) is 11.2. The maximum Gasteiger partial charge on any atom is 0.180 e. The molecule has 0 unspecified atom stereocenters. The van der Waals surface area contributed by atoms with Crippen LogP contribution in [0.1, 0.15) is 22.3 Å². The summed E-state index contributed by atoms with van der Waals surface area (Å²) in [4.78, 5) is 2.55. The van der Waals surface area contributed by atoms with E-state index in [0.29, 0.717) is 0 Å². The quantitative estimate of drug-likeness (QED) is 0.114. The fourth-order valence-electron chi connectivity index (χ4n) is 11.4. The molecular weight excluding hydrogens is 811 g/mol. The highest BCUT2D eigenvalue weighted by Gasteiger charge is 2.49. The van der Waals surface area contributed by atoms with E-state index in [1.54, 1.807) is 0 Å². The van der Waals surface area contributed by atoms with E-state index < -0.39 is 13.5 Å². The molecule has 0 N–H and O–H groups in total. The van der Waals surface area contributed by atoms with Crippen molar-refractivity contribution in [1.82, 2.24) is 0 Å². The van der Waals surface area contributed by atoms with E-state index >= 15 is 0 Å². The largest absolute Gasteiger partial charge is 0.310 e. The number of nitrogens with zero attached hydrogens (tertiary/aromatic N) is 1. The van der Waals surface area contributed by atoms with Gasteiger partial charge in [-0.3, -0.25) is 0 Å². The third-order valence-corrected chi connectivity index (χ3v) is 19.1. The summed E-state index contributed by atoms with van der Waals surface area (Å²) < 4.78 is 0. The molecule has 0 fully saturated rings. The van der Waals surface area contributed by atoms with E-state index in [4.69, 9.17) is 6.58 Å². The third kappa shape index (κ3) is 6.06. The number of hydrogen-bond donors (Lipinski definition) is 0. The van der Waals surface area contributed by atoms with Crippen molar-refractivity contribution in [2.45, 2.75) is 11.8 Å². The lowest BCUT2D eigenvalue weighted by Crippen LogP contribution is -2.72. The Morgan fingerprint density at radius 1 is 0.439 bits per heavy atom. The molecule has 12 rings (SSSR count). The number of benzene rings is 10. The first-order valence-electron chi connectivity index (χ1n) is 23.0. The first-order chi connectivity index (χ1) is 32.7. The van der Waals surface area contributed by atoms with Crippen LogP contribution in [0.15, 0.2) is 273 Å². The Balaban J connectivity index is 1.20. The summed E-state index contributed by atoms with van der Waals surface area (Å²) in [6.07, 6.45) is 9.59. The van der Waals surface area contributed by atoms with Crippen molar-refractivity contribution < 1.29 is 0 Å². The summed E-state index contributed by atoms with van der Waals surface area (Å²) in [7, 11) is -2.82. The molecule has 1 heterocycles. The van der Waals surface area contributed by atoms with Crippen molar-refractivity contribution in [1.29, 1.82) is 0 Å². The van der Waals surface area contributed by atoms with E-state index in [0.717, 1.165) is 29.1 Å². The van der Waals surface area contributed by atoms with Gasteiger partial charge in [0.1, 0.15) is 0 Å². The number of fused-ring (bicyclic) bond motifs is 7. The van der Waals surface area contributed by atoms with Crippen LogP contribution in [-0.4, -0.2) is 8.07 Å². The van der Waals surface area contributed by atoms with Gasteiger partial charge in [0.25, 0.3) is 0 Å². The molecule has 10 aromatic rings. The van der Waals surface area contributed by atoms with Crippen LogP contribution < -0.4 is 25.6 Å². The minimum absolute atomic E-state index is 0.685. The zero-order valence-electron chi connectivity index (χ0n) is 36.7. The van der Waals surface area contributed by atoms with Crippen molar-refractivity contribution in [3.8, 4) is 11.1 Å². The van der Waals surface area contributed by atoms with Crippen LogP contribution in [0.2, 0.25) is 0 Å². The van der Waals surface area contributed by atoms with Crippen LogP contribution in [-0.2, 0) is 11.8 Å². The van der Waals surface area contributed by atoms with Crippen molar-refractivity contribution in [2.24, 2.45) is 0 Å². The molecule has 312 valence electrons. The minimum Gasteiger partial charge on any atom is -0.310 e. The van der Waals surface area contributed by atoms with Gasteiger partial charge in [-0.05, 0) is 113 Å². The van der Waals surface area contributed by atoms with Gasteiger partial charge < -0.3 is 4.90 Å². The molecule has 0 aromatic heterocycles. The molecule has 0 amide bonds. The van der Waals surface area contributed by atoms with E-state index in [2.05, 4.69) is 266 Å². The van der Waals surface area contributed by atoms with E-state index in [1.165, 1.54) is 75.7 Å². The first kappa shape index (κ1) is 39.5. The zero-order chi connectivity index (χ0) is 44.1. The lowest BCUT2D eigenvalue weighted by Gasteiger charge is -2.39.